The second-order valence-electron chi connectivity index (χ2n) is 13.7. The fourth-order valence-electron chi connectivity index (χ4n) is 9.44. The van der Waals surface area contributed by atoms with E-state index < -0.39 is 0 Å². The first-order chi connectivity index (χ1) is 17.8. The molecular weight excluding hydrogens is 456 g/mol. The summed E-state index contributed by atoms with van der Waals surface area (Å²) in [5.74, 6) is 6.37. The molecule has 4 aliphatic carbocycles. The first-order valence-corrected chi connectivity index (χ1v) is 16.4. The molecule has 0 saturated heterocycles. The Bertz CT molecular complexity index is 695. The lowest BCUT2D eigenvalue weighted by atomic mass is 9.43. The smallest absolute Gasteiger partial charge is 0.0649 e. The normalized spacial score (nSPS) is 41.3. The van der Waals surface area contributed by atoms with E-state index in [0.29, 0.717) is 30.1 Å². The largest absolute Gasteiger partial charge is 0.378 e. The first kappa shape index (κ1) is 29.9. The van der Waals surface area contributed by atoms with Gasteiger partial charge in [0.05, 0.1) is 18.3 Å². The lowest BCUT2D eigenvalue weighted by molar-refractivity contribution is -0.152. The van der Waals surface area contributed by atoms with Crippen LogP contribution in [0.15, 0.2) is 0 Å². The summed E-state index contributed by atoms with van der Waals surface area (Å²) in [4.78, 5) is 0. The minimum Gasteiger partial charge on any atom is -0.378 e. The quantitative estimate of drug-likeness (QED) is 0.244. The highest BCUT2D eigenvalue weighted by Crippen LogP contribution is 2.70. The predicted octanol–water partition coefficient (Wildman–Crippen LogP) is 8.99. The molecule has 0 aliphatic heterocycles. The fourth-order valence-corrected chi connectivity index (χ4v) is 9.44. The molecule has 4 fully saturated rings. The highest BCUT2D eigenvalue weighted by Gasteiger charge is 2.67. The van der Waals surface area contributed by atoms with Gasteiger partial charge < -0.3 is 14.2 Å². The van der Waals surface area contributed by atoms with Crippen LogP contribution >= 0.6 is 0 Å². The molecular formula is C34H60O3. The summed E-state index contributed by atoms with van der Waals surface area (Å²) in [7, 11) is 0. The number of hydrogen-bond acceptors (Lipinski definition) is 3. The van der Waals surface area contributed by atoms with Gasteiger partial charge in [-0.3, -0.25) is 0 Å². The maximum absolute atomic E-state index is 6.91. The Labute approximate surface area is 230 Å². The van der Waals surface area contributed by atoms with E-state index in [1.165, 1.54) is 51.4 Å². The Balaban J connectivity index is 1.66. The number of hydrogen-bond donors (Lipinski definition) is 0. The third-order valence-electron chi connectivity index (χ3n) is 11.4. The predicted molar refractivity (Wildman–Crippen MR) is 154 cm³/mol. The molecule has 3 nitrogen and oxygen atoms in total. The van der Waals surface area contributed by atoms with E-state index in [4.69, 9.17) is 14.2 Å². The zero-order valence-electron chi connectivity index (χ0n) is 25.6. The zero-order valence-corrected chi connectivity index (χ0v) is 25.6. The molecule has 3 heteroatoms. The summed E-state index contributed by atoms with van der Waals surface area (Å²) >= 11 is 0. The summed E-state index contributed by atoms with van der Waals surface area (Å²) in [5.41, 5.74) is 0.534. The van der Waals surface area contributed by atoms with Crippen LogP contribution in [-0.4, -0.2) is 38.1 Å². The highest BCUT2D eigenvalue weighted by molar-refractivity contribution is 5.32. The first-order valence-electron chi connectivity index (χ1n) is 16.4. The molecule has 0 aromatic rings. The summed E-state index contributed by atoms with van der Waals surface area (Å²) in [6, 6.07) is 0. The van der Waals surface area contributed by atoms with E-state index in [1.807, 2.05) is 5.92 Å². The minimum absolute atomic E-state index is 0.247. The average Bonchev–Trinajstić information content (AvgIpc) is 3.26. The number of fused-ring (bicyclic) bond motifs is 5. The lowest BCUT2D eigenvalue weighted by Gasteiger charge is -2.64. The van der Waals surface area contributed by atoms with Crippen molar-refractivity contribution in [3.05, 3.63) is 11.8 Å². The minimum atomic E-state index is 0.247. The average molecular weight is 517 g/mol. The SMILES string of the molecule is CCCCC(C)C1CCC2[C]3C(OCCC)C[C]4CC(OCCC)CCC4(C)C3CC(OCCC)C21C. The number of unbranched alkanes of at least 4 members (excludes halogenated alkanes) is 1. The molecule has 0 aromatic heterocycles. The summed E-state index contributed by atoms with van der Waals surface area (Å²) < 4.78 is 20.0. The van der Waals surface area contributed by atoms with Gasteiger partial charge in [0.2, 0.25) is 0 Å². The molecule has 0 bridgehead atoms. The van der Waals surface area contributed by atoms with Crippen LogP contribution in [0.2, 0.25) is 0 Å². The third kappa shape index (κ3) is 5.72. The van der Waals surface area contributed by atoms with Crippen molar-refractivity contribution in [3.63, 3.8) is 0 Å². The van der Waals surface area contributed by atoms with Crippen LogP contribution in [0.3, 0.4) is 0 Å². The van der Waals surface area contributed by atoms with Crippen molar-refractivity contribution in [2.45, 2.75) is 150 Å². The molecule has 4 aliphatic rings. The van der Waals surface area contributed by atoms with Crippen molar-refractivity contribution < 1.29 is 14.2 Å². The monoisotopic (exact) mass is 516 g/mol. The third-order valence-corrected chi connectivity index (χ3v) is 11.4. The van der Waals surface area contributed by atoms with Crippen molar-refractivity contribution in [1.29, 1.82) is 0 Å². The molecule has 0 spiro atoms. The maximum atomic E-state index is 6.91. The van der Waals surface area contributed by atoms with E-state index in [-0.39, 0.29) is 10.8 Å². The van der Waals surface area contributed by atoms with Crippen molar-refractivity contribution >= 4 is 0 Å². The van der Waals surface area contributed by atoms with Gasteiger partial charge in [0.25, 0.3) is 0 Å². The summed E-state index contributed by atoms with van der Waals surface area (Å²) in [6.07, 6.45) is 17.1. The Kier molecular flexibility index (Phi) is 10.5. The lowest BCUT2D eigenvalue weighted by Crippen LogP contribution is -2.62. The maximum Gasteiger partial charge on any atom is 0.0649 e. The van der Waals surface area contributed by atoms with Gasteiger partial charge in [-0.2, -0.15) is 0 Å². The number of rotatable bonds is 13. The van der Waals surface area contributed by atoms with E-state index >= 15 is 0 Å². The van der Waals surface area contributed by atoms with Crippen LogP contribution in [0.4, 0.5) is 0 Å². The van der Waals surface area contributed by atoms with Gasteiger partial charge in [0.15, 0.2) is 0 Å². The van der Waals surface area contributed by atoms with Crippen LogP contribution in [0.25, 0.3) is 0 Å². The molecule has 9 unspecified atom stereocenters. The summed E-state index contributed by atoms with van der Waals surface area (Å²) in [5, 5.41) is 0. The van der Waals surface area contributed by atoms with Crippen LogP contribution < -0.4 is 0 Å². The topological polar surface area (TPSA) is 27.7 Å². The van der Waals surface area contributed by atoms with Crippen molar-refractivity contribution in [2.75, 3.05) is 19.8 Å². The van der Waals surface area contributed by atoms with Gasteiger partial charge in [-0.25, -0.2) is 0 Å². The molecule has 9 atom stereocenters. The van der Waals surface area contributed by atoms with Crippen LogP contribution in [0, 0.1) is 46.3 Å². The van der Waals surface area contributed by atoms with Crippen molar-refractivity contribution in [1.82, 2.24) is 0 Å². The Morgan fingerprint density at radius 3 is 2.22 bits per heavy atom. The molecule has 37 heavy (non-hydrogen) atoms. The zero-order chi connectivity index (χ0) is 26.6. The molecule has 0 N–H and O–H groups in total. The standard InChI is InChI=1S/C34H60O3/c1-8-12-13-24(5)27-14-15-28-32-29(23-31(34(27,28)7)37-20-11-4)33(6)17-16-26(35-18-9-2)21-25(33)22-30(32)36-19-10-3/h24,26-31H,8-23H2,1-7H3. The van der Waals surface area contributed by atoms with E-state index in [9.17, 15) is 0 Å². The fraction of sp³-hybridized carbons (Fsp3) is 0.941. The second kappa shape index (κ2) is 13.0. The van der Waals surface area contributed by atoms with E-state index in [2.05, 4.69) is 48.5 Å². The van der Waals surface area contributed by atoms with E-state index in [1.54, 1.807) is 5.92 Å². The molecule has 2 radical (unpaired) electrons. The van der Waals surface area contributed by atoms with Gasteiger partial charge >= 0.3 is 0 Å². The Morgan fingerprint density at radius 1 is 0.811 bits per heavy atom. The van der Waals surface area contributed by atoms with Crippen molar-refractivity contribution in [3.8, 4) is 0 Å². The summed E-state index contributed by atoms with van der Waals surface area (Å²) in [6.45, 7) is 19.6. The molecule has 214 valence electrons. The number of ether oxygens (including phenoxy) is 3. The van der Waals surface area contributed by atoms with Crippen molar-refractivity contribution in [2.24, 2.45) is 34.5 Å². The van der Waals surface area contributed by atoms with Crippen LogP contribution in [0.5, 0.6) is 0 Å². The molecule has 0 aromatic carbocycles. The molecule has 0 amide bonds. The highest BCUT2D eigenvalue weighted by atomic mass is 16.5. The van der Waals surface area contributed by atoms with Crippen LogP contribution in [-0.2, 0) is 14.2 Å². The van der Waals surface area contributed by atoms with Gasteiger partial charge in [-0.15, -0.1) is 0 Å². The second-order valence-corrected chi connectivity index (χ2v) is 13.7. The van der Waals surface area contributed by atoms with E-state index in [0.717, 1.165) is 63.8 Å². The molecule has 4 rings (SSSR count). The van der Waals surface area contributed by atoms with Gasteiger partial charge in [-0.1, -0.05) is 67.7 Å². The van der Waals surface area contributed by atoms with Gasteiger partial charge in [-0.05, 0) is 99.2 Å². The van der Waals surface area contributed by atoms with Gasteiger partial charge in [0.1, 0.15) is 0 Å². The molecule has 4 saturated carbocycles. The Morgan fingerprint density at radius 2 is 1.51 bits per heavy atom. The van der Waals surface area contributed by atoms with Crippen LogP contribution in [0.1, 0.15) is 132 Å². The van der Waals surface area contributed by atoms with Gasteiger partial charge in [0, 0.05) is 31.2 Å². The Hall–Kier alpha value is -0.120. The molecule has 0 heterocycles.